The van der Waals surface area contributed by atoms with Crippen molar-refractivity contribution in [2.75, 3.05) is 10.6 Å². The molecule has 0 radical (unpaired) electrons. The summed E-state index contributed by atoms with van der Waals surface area (Å²) in [6.07, 6.45) is 0.586. The minimum absolute atomic E-state index is 0.0172. The molecule has 3 aromatic rings. The number of nitro groups is 1. The Morgan fingerprint density at radius 3 is 2.39 bits per heavy atom. The Morgan fingerprint density at radius 2 is 1.73 bits per heavy atom. The number of nitro benzene ring substituents is 1. The van der Waals surface area contributed by atoms with Gasteiger partial charge in [0.2, 0.25) is 5.91 Å². The van der Waals surface area contributed by atoms with Crippen molar-refractivity contribution >= 4 is 40.6 Å². The van der Waals surface area contributed by atoms with Crippen LogP contribution in [0, 0.1) is 24.0 Å². The van der Waals surface area contributed by atoms with Crippen LogP contribution in [0.15, 0.2) is 71.6 Å². The summed E-state index contributed by atoms with van der Waals surface area (Å²) in [5, 5.41) is 16.3. The highest BCUT2D eigenvalue weighted by atomic mass is 32.2. The fourth-order valence-electron chi connectivity index (χ4n) is 3.27. The van der Waals surface area contributed by atoms with Gasteiger partial charge >= 0.3 is 0 Å². The number of hydrogen-bond donors (Lipinski definition) is 2. The molecule has 0 aliphatic carbocycles. The second kappa shape index (κ2) is 10.8. The third-order valence-corrected chi connectivity index (χ3v) is 6.46. The number of nitrogens with one attached hydrogen (secondary N) is 2. The van der Waals surface area contributed by atoms with Crippen molar-refractivity contribution in [3.8, 4) is 0 Å². The van der Waals surface area contributed by atoms with Crippen molar-refractivity contribution in [3.63, 3.8) is 0 Å². The zero-order valence-electron chi connectivity index (χ0n) is 18.6. The van der Waals surface area contributed by atoms with E-state index in [0.717, 1.165) is 10.5 Å². The highest BCUT2D eigenvalue weighted by molar-refractivity contribution is 8.00. The minimum atomic E-state index is -0.464. The average Bonchev–Trinajstić information content (AvgIpc) is 2.79. The molecule has 2 amide bonds. The Balaban J connectivity index is 1.69. The third-order valence-electron chi connectivity index (χ3n) is 5.10. The van der Waals surface area contributed by atoms with Crippen molar-refractivity contribution < 1.29 is 14.5 Å². The zero-order valence-corrected chi connectivity index (χ0v) is 19.4. The van der Waals surface area contributed by atoms with Gasteiger partial charge < -0.3 is 10.6 Å². The van der Waals surface area contributed by atoms with Gasteiger partial charge in [-0.3, -0.25) is 19.7 Å². The highest BCUT2D eigenvalue weighted by Crippen LogP contribution is 2.29. The summed E-state index contributed by atoms with van der Waals surface area (Å²) in [4.78, 5) is 36.8. The van der Waals surface area contributed by atoms with Crippen molar-refractivity contribution in [1.82, 2.24) is 0 Å². The number of hydrogen-bond acceptors (Lipinski definition) is 5. The number of nitrogens with zero attached hydrogens (tertiary/aromatic N) is 1. The van der Waals surface area contributed by atoms with Crippen LogP contribution in [0.25, 0.3) is 0 Å². The number of carbonyl (C=O) groups excluding carboxylic acids is 2. The molecular formula is C25H25N3O4S. The Labute approximate surface area is 196 Å². The van der Waals surface area contributed by atoms with Crippen molar-refractivity contribution in [3.05, 3.63) is 93.5 Å². The molecule has 3 aromatic carbocycles. The van der Waals surface area contributed by atoms with E-state index in [-0.39, 0.29) is 22.8 Å². The van der Waals surface area contributed by atoms with Gasteiger partial charge in [-0.05, 0) is 61.7 Å². The average molecular weight is 464 g/mol. The maximum Gasteiger partial charge on any atom is 0.269 e. The van der Waals surface area contributed by atoms with Gasteiger partial charge in [0.05, 0.1) is 10.2 Å². The van der Waals surface area contributed by atoms with Crippen LogP contribution in [0.1, 0.15) is 34.8 Å². The molecule has 0 fully saturated rings. The van der Waals surface area contributed by atoms with Gasteiger partial charge in [0.1, 0.15) is 0 Å². The summed E-state index contributed by atoms with van der Waals surface area (Å²) in [5.74, 6) is -0.373. The molecule has 1 unspecified atom stereocenters. The number of thioether (sulfide) groups is 1. The number of anilines is 2. The molecular weight excluding hydrogens is 438 g/mol. The molecule has 0 heterocycles. The lowest BCUT2D eigenvalue weighted by atomic mass is 10.1. The highest BCUT2D eigenvalue weighted by Gasteiger charge is 2.20. The van der Waals surface area contributed by atoms with Crippen LogP contribution in [0.5, 0.6) is 0 Å². The van der Waals surface area contributed by atoms with E-state index in [0.29, 0.717) is 28.9 Å². The molecule has 0 aliphatic rings. The lowest BCUT2D eigenvalue weighted by Crippen LogP contribution is -2.25. The standard InChI is InChI=1S/C25H25N3O4S/c1-4-23(25(30)27-22-13-12-19(28(31)32)14-17(22)3)33-20-10-7-9-18(15-20)26-24(29)21-11-6-5-8-16(21)2/h5-15,23H,4H2,1-3H3,(H,26,29)(H,27,30). The quantitative estimate of drug-likeness (QED) is 0.243. The van der Waals surface area contributed by atoms with Gasteiger partial charge in [-0.15, -0.1) is 11.8 Å². The summed E-state index contributed by atoms with van der Waals surface area (Å²) >= 11 is 1.40. The molecule has 170 valence electrons. The predicted octanol–water partition coefficient (Wildman–Crippen LogP) is 5.97. The van der Waals surface area contributed by atoms with Crippen LogP contribution in [-0.2, 0) is 4.79 Å². The number of amides is 2. The van der Waals surface area contributed by atoms with Crippen molar-refractivity contribution in [2.24, 2.45) is 0 Å². The summed E-state index contributed by atoms with van der Waals surface area (Å²) in [5.41, 5.74) is 3.30. The summed E-state index contributed by atoms with van der Waals surface area (Å²) in [7, 11) is 0. The van der Waals surface area contributed by atoms with E-state index in [2.05, 4.69) is 10.6 Å². The number of carbonyl (C=O) groups is 2. The van der Waals surface area contributed by atoms with E-state index in [1.54, 1.807) is 19.1 Å². The molecule has 3 rings (SSSR count). The van der Waals surface area contributed by atoms with Crippen LogP contribution < -0.4 is 10.6 Å². The number of aryl methyl sites for hydroxylation is 2. The Kier molecular flexibility index (Phi) is 7.84. The first kappa shape index (κ1) is 24.0. The summed E-state index contributed by atoms with van der Waals surface area (Å²) < 4.78 is 0. The maximum atomic E-state index is 12.9. The topological polar surface area (TPSA) is 101 Å². The fraction of sp³-hybridized carbons (Fsp3) is 0.200. The predicted molar refractivity (Wildman–Crippen MR) is 132 cm³/mol. The monoisotopic (exact) mass is 463 g/mol. The molecule has 7 nitrogen and oxygen atoms in total. The van der Waals surface area contributed by atoms with Gasteiger partial charge in [0, 0.05) is 34.0 Å². The fourth-order valence-corrected chi connectivity index (χ4v) is 4.29. The SMILES string of the molecule is CCC(Sc1cccc(NC(=O)c2ccccc2C)c1)C(=O)Nc1ccc([N+](=O)[O-])cc1C. The minimum Gasteiger partial charge on any atom is -0.325 e. The van der Waals surface area contributed by atoms with E-state index >= 15 is 0 Å². The molecule has 0 saturated heterocycles. The molecule has 2 N–H and O–H groups in total. The van der Waals surface area contributed by atoms with Crippen molar-refractivity contribution in [1.29, 1.82) is 0 Å². The van der Waals surface area contributed by atoms with Gasteiger partial charge in [-0.2, -0.15) is 0 Å². The first-order chi connectivity index (χ1) is 15.8. The third kappa shape index (κ3) is 6.20. The van der Waals surface area contributed by atoms with Gasteiger partial charge in [0.15, 0.2) is 0 Å². The first-order valence-electron chi connectivity index (χ1n) is 10.5. The van der Waals surface area contributed by atoms with Gasteiger partial charge in [-0.1, -0.05) is 31.2 Å². The first-order valence-corrected chi connectivity index (χ1v) is 11.4. The molecule has 0 saturated carbocycles. The second-order valence-electron chi connectivity index (χ2n) is 7.56. The van der Waals surface area contributed by atoms with Gasteiger partial charge in [0.25, 0.3) is 11.6 Å². The molecule has 0 aromatic heterocycles. The van der Waals surface area contributed by atoms with Crippen LogP contribution >= 0.6 is 11.8 Å². The maximum absolute atomic E-state index is 12.9. The molecule has 0 bridgehead atoms. The van der Waals surface area contributed by atoms with E-state index < -0.39 is 4.92 Å². The van der Waals surface area contributed by atoms with Crippen LogP contribution in [0.4, 0.5) is 17.1 Å². The van der Waals surface area contributed by atoms with Crippen LogP contribution in [-0.4, -0.2) is 22.0 Å². The molecule has 33 heavy (non-hydrogen) atoms. The van der Waals surface area contributed by atoms with E-state index in [1.807, 2.05) is 56.3 Å². The van der Waals surface area contributed by atoms with E-state index in [1.165, 1.54) is 23.9 Å². The zero-order chi connectivity index (χ0) is 24.0. The summed E-state index contributed by atoms with van der Waals surface area (Å²) in [6.45, 7) is 5.53. The van der Waals surface area contributed by atoms with E-state index in [9.17, 15) is 19.7 Å². The Morgan fingerprint density at radius 1 is 0.970 bits per heavy atom. The lowest BCUT2D eigenvalue weighted by molar-refractivity contribution is -0.384. The number of benzene rings is 3. The van der Waals surface area contributed by atoms with Crippen molar-refractivity contribution in [2.45, 2.75) is 37.3 Å². The Bertz CT molecular complexity index is 1200. The molecule has 0 spiro atoms. The largest absolute Gasteiger partial charge is 0.325 e. The number of rotatable bonds is 8. The Hall–Kier alpha value is -3.65. The normalized spacial score (nSPS) is 11.5. The molecule has 8 heteroatoms. The smallest absolute Gasteiger partial charge is 0.269 e. The van der Waals surface area contributed by atoms with Crippen LogP contribution in [0.2, 0.25) is 0 Å². The van der Waals surface area contributed by atoms with Gasteiger partial charge in [-0.25, -0.2) is 0 Å². The molecule has 1 atom stereocenters. The lowest BCUT2D eigenvalue weighted by Gasteiger charge is -2.16. The second-order valence-corrected chi connectivity index (χ2v) is 8.83. The van der Waals surface area contributed by atoms with E-state index in [4.69, 9.17) is 0 Å². The molecule has 0 aliphatic heterocycles. The summed E-state index contributed by atoms with van der Waals surface area (Å²) in [6, 6.07) is 19.1. The van der Waals surface area contributed by atoms with Crippen LogP contribution in [0.3, 0.4) is 0 Å². The number of non-ortho nitro benzene ring substituents is 1.